The topological polar surface area (TPSA) is 101 Å². The summed E-state index contributed by atoms with van der Waals surface area (Å²) < 4.78 is 9.72. The van der Waals surface area contributed by atoms with Crippen molar-refractivity contribution < 1.29 is 9.84 Å². The number of fused-ring (bicyclic) bond motifs is 1. The summed E-state index contributed by atoms with van der Waals surface area (Å²) in [5.74, 6) is 0.601. The summed E-state index contributed by atoms with van der Waals surface area (Å²) in [5.41, 5.74) is -0.120. The zero-order chi connectivity index (χ0) is 21.4. The molecule has 0 saturated carbocycles. The molecule has 1 N–H and O–H groups in total. The summed E-state index contributed by atoms with van der Waals surface area (Å²) >= 11 is 0. The average molecular weight is 494 g/mol. The van der Waals surface area contributed by atoms with Crippen LogP contribution in [0, 0.1) is 0 Å². The number of nitrogens with zero attached hydrogens (tertiary/aromatic N) is 7. The number of anilines is 1. The van der Waals surface area contributed by atoms with Crippen LogP contribution in [-0.2, 0) is 25.4 Å². The second-order valence-corrected chi connectivity index (χ2v) is 8.26. The molecule has 11 nitrogen and oxygen atoms in total. The van der Waals surface area contributed by atoms with Gasteiger partial charge < -0.3 is 24.2 Å². The van der Waals surface area contributed by atoms with Gasteiger partial charge in [0, 0.05) is 59.9 Å². The van der Waals surface area contributed by atoms with Gasteiger partial charge in [-0.2, -0.15) is 4.98 Å². The normalized spacial score (nSPS) is 18.9. The molecule has 0 aliphatic carbocycles. The van der Waals surface area contributed by atoms with Crippen molar-refractivity contribution in [2.75, 3.05) is 71.0 Å². The molecule has 32 heavy (non-hydrogen) atoms. The van der Waals surface area contributed by atoms with Crippen LogP contribution in [-0.4, -0.2) is 106 Å². The molecule has 182 valence electrons. The lowest BCUT2D eigenvalue weighted by molar-refractivity contribution is 0.0715. The highest BCUT2D eigenvalue weighted by Crippen LogP contribution is 2.21. The molecule has 0 radical (unpaired) electrons. The van der Waals surface area contributed by atoms with Gasteiger partial charge in [-0.05, 0) is 7.05 Å². The van der Waals surface area contributed by atoms with E-state index in [2.05, 4.69) is 26.7 Å². The van der Waals surface area contributed by atoms with Crippen molar-refractivity contribution in [2.24, 2.45) is 14.1 Å². The number of aliphatic hydroxyl groups is 1. The summed E-state index contributed by atoms with van der Waals surface area (Å²) in [7, 11) is 5.18. The monoisotopic (exact) mass is 493 g/mol. The van der Waals surface area contributed by atoms with E-state index >= 15 is 0 Å². The third-order valence-electron chi connectivity index (χ3n) is 6.08. The van der Waals surface area contributed by atoms with Gasteiger partial charge in [0.15, 0.2) is 11.2 Å². The van der Waals surface area contributed by atoms with E-state index in [1.807, 2.05) is 0 Å². The standard InChI is InChI=1S/C19H31N7O4.2ClH/c1-21-4-6-24(7-5-21)12-14(27)13-26-15-16(22(2)19(29)23(3)17(15)28)20-18(26)25-8-10-30-11-9-25;;/h14,27H,4-13H2,1-3H3;2*1H. The van der Waals surface area contributed by atoms with Crippen molar-refractivity contribution in [3.8, 4) is 0 Å². The Balaban J connectivity index is 0.00000181. The first kappa shape index (κ1) is 26.6. The van der Waals surface area contributed by atoms with Crippen molar-refractivity contribution in [3.05, 3.63) is 20.8 Å². The van der Waals surface area contributed by atoms with Crippen LogP contribution in [0.25, 0.3) is 11.2 Å². The van der Waals surface area contributed by atoms with Crippen LogP contribution in [0.4, 0.5) is 5.95 Å². The maximum atomic E-state index is 13.0. The molecule has 0 spiro atoms. The van der Waals surface area contributed by atoms with Gasteiger partial charge in [-0.25, -0.2) is 4.79 Å². The van der Waals surface area contributed by atoms with Crippen LogP contribution in [0.15, 0.2) is 9.59 Å². The molecule has 2 fully saturated rings. The smallest absolute Gasteiger partial charge is 0.332 e. The number of morpholine rings is 1. The number of aliphatic hydroxyl groups excluding tert-OH is 1. The van der Waals surface area contributed by atoms with Gasteiger partial charge in [-0.1, -0.05) is 0 Å². The van der Waals surface area contributed by atoms with Gasteiger partial charge in [0.05, 0.1) is 25.9 Å². The van der Waals surface area contributed by atoms with Crippen molar-refractivity contribution in [1.82, 2.24) is 28.5 Å². The Labute approximate surface area is 199 Å². The predicted molar refractivity (Wildman–Crippen MR) is 128 cm³/mol. The third kappa shape index (κ3) is 5.13. The van der Waals surface area contributed by atoms with E-state index in [1.165, 1.54) is 11.6 Å². The molecule has 2 saturated heterocycles. The number of piperazine rings is 1. The van der Waals surface area contributed by atoms with E-state index in [4.69, 9.17) is 4.74 Å². The number of hydrogen-bond acceptors (Lipinski definition) is 8. The first-order chi connectivity index (χ1) is 14.4. The average Bonchev–Trinajstić information content (AvgIpc) is 3.12. The Morgan fingerprint density at radius 2 is 1.56 bits per heavy atom. The summed E-state index contributed by atoms with van der Waals surface area (Å²) in [6.45, 7) is 6.97. The number of halogens is 2. The number of hydrogen-bond donors (Lipinski definition) is 1. The van der Waals surface area contributed by atoms with Crippen molar-refractivity contribution in [3.63, 3.8) is 0 Å². The highest BCUT2D eigenvalue weighted by molar-refractivity contribution is 5.85. The van der Waals surface area contributed by atoms with Gasteiger partial charge in [0.1, 0.15) is 0 Å². The van der Waals surface area contributed by atoms with Gasteiger partial charge in [-0.3, -0.25) is 18.8 Å². The minimum Gasteiger partial charge on any atom is -0.390 e. The molecule has 1 unspecified atom stereocenters. The molecule has 4 rings (SSSR count). The summed E-state index contributed by atoms with van der Waals surface area (Å²) in [4.78, 5) is 36.6. The molecular weight excluding hydrogens is 461 g/mol. The number of likely N-dealkylation sites (N-methyl/N-ethyl adjacent to an activating group) is 1. The molecule has 0 amide bonds. The Bertz CT molecular complexity index is 1020. The number of aromatic nitrogens is 4. The lowest BCUT2D eigenvalue weighted by atomic mass is 10.2. The maximum absolute atomic E-state index is 13.0. The summed E-state index contributed by atoms with van der Waals surface area (Å²) in [6.07, 6.45) is -0.660. The number of aryl methyl sites for hydroxylation is 1. The van der Waals surface area contributed by atoms with E-state index in [-0.39, 0.29) is 31.4 Å². The van der Waals surface area contributed by atoms with Gasteiger partial charge in [-0.15, -0.1) is 24.8 Å². The van der Waals surface area contributed by atoms with Crippen LogP contribution >= 0.6 is 24.8 Å². The highest BCUT2D eigenvalue weighted by Gasteiger charge is 2.26. The molecule has 13 heteroatoms. The van der Waals surface area contributed by atoms with Crippen LogP contribution in [0.3, 0.4) is 0 Å². The SMILES string of the molecule is CN1CCN(CC(O)Cn2c(N3CCOCC3)nc3c2c(=O)n(C)c(=O)n3C)CC1.Cl.Cl. The van der Waals surface area contributed by atoms with Crippen LogP contribution < -0.4 is 16.1 Å². The fourth-order valence-electron chi connectivity index (χ4n) is 4.21. The largest absolute Gasteiger partial charge is 0.390 e. The van der Waals surface area contributed by atoms with Crippen LogP contribution in [0.2, 0.25) is 0 Å². The second-order valence-electron chi connectivity index (χ2n) is 8.26. The quantitative estimate of drug-likeness (QED) is 0.549. The Hall–Kier alpha value is -1.63. The molecule has 0 aromatic carbocycles. The Kier molecular flexibility index (Phi) is 9.15. The molecule has 2 aliphatic rings. The first-order valence-electron chi connectivity index (χ1n) is 10.4. The van der Waals surface area contributed by atoms with Crippen LogP contribution in [0.5, 0.6) is 0 Å². The Morgan fingerprint density at radius 1 is 0.938 bits per heavy atom. The molecule has 0 bridgehead atoms. The molecule has 1 atom stereocenters. The van der Waals surface area contributed by atoms with Gasteiger partial charge in [0.2, 0.25) is 5.95 Å². The second kappa shape index (κ2) is 11.0. The third-order valence-corrected chi connectivity index (χ3v) is 6.08. The number of ether oxygens (including phenoxy) is 1. The zero-order valence-electron chi connectivity index (χ0n) is 18.8. The minimum atomic E-state index is -0.660. The fourth-order valence-corrected chi connectivity index (χ4v) is 4.21. The molecule has 4 heterocycles. The summed E-state index contributed by atoms with van der Waals surface area (Å²) in [6, 6.07) is 0. The number of β-amino-alcohol motifs (C(OH)–C–C–N with tert-alkyl or cyclic N) is 1. The van der Waals surface area contributed by atoms with E-state index in [0.29, 0.717) is 50.0 Å². The van der Waals surface area contributed by atoms with Crippen molar-refractivity contribution in [2.45, 2.75) is 12.6 Å². The predicted octanol–water partition coefficient (Wildman–Crippen LogP) is -1.28. The fraction of sp³-hybridized carbons (Fsp3) is 0.737. The van der Waals surface area contributed by atoms with E-state index < -0.39 is 17.4 Å². The van der Waals surface area contributed by atoms with Crippen molar-refractivity contribution in [1.29, 1.82) is 0 Å². The van der Waals surface area contributed by atoms with E-state index in [0.717, 1.165) is 30.7 Å². The minimum absolute atomic E-state index is 0. The molecule has 2 aromatic rings. The van der Waals surface area contributed by atoms with Crippen molar-refractivity contribution >= 4 is 41.9 Å². The van der Waals surface area contributed by atoms with Crippen LogP contribution in [0.1, 0.15) is 0 Å². The molecule has 2 aromatic heterocycles. The highest BCUT2D eigenvalue weighted by atomic mass is 35.5. The number of rotatable bonds is 5. The first-order valence-corrected chi connectivity index (χ1v) is 10.4. The maximum Gasteiger partial charge on any atom is 0.332 e. The van der Waals surface area contributed by atoms with Gasteiger partial charge in [0.25, 0.3) is 5.56 Å². The molecule has 2 aliphatic heterocycles. The summed E-state index contributed by atoms with van der Waals surface area (Å²) in [5, 5.41) is 10.9. The molecular formula is C19H33Cl2N7O4. The van der Waals surface area contributed by atoms with E-state index in [1.54, 1.807) is 11.6 Å². The zero-order valence-corrected chi connectivity index (χ0v) is 20.4. The van der Waals surface area contributed by atoms with E-state index in [9.17, 15) is 14.7 Å². The lowest BCUT2D eigenvalue weighted by Gasteiger charge is -2.34. The van der Waals surface area contributed by atoms with Gasteiger partial charge >= 0.3 is 5.69 Å². The lowest BCUT2D eigenvalue weighted by Crippen LogP contribution is -2.47. The number of imidazole rings is 1. The Morgan fingerprint density at radius 3 is 2.19 bits per heavy atom.